The van der Waals surface area contributed by atoms with Crippen molar-refractivity contribution in [2.24, 2.45) is 0 Å². The molecular formula is C20H23Cl2N3O2. The first kappa shape index (κ1) is 19.8. The van der Waals surface area contributed by atoms with Crippen molar-refractivity contribution in [3.8, 4) is 5.75 Å². The second-order valence-electron chi connectivity index (χ2n) is 6.38. The van der Waals surface area contributed by atoms with Crippen LogP contribution in [0.5, 0.6) is 5.75 Å². The second-order valence-corrected chi connectivity index (χ2v) is 7.22. The average Bonchev–Trinajstić information content (AvgIpc) is 2.70. The van der Waals surface area contributed by atoms with Crippen molar-refractivity contribution in [1.82, 2.24) is 10.2 Å². The Morgan fingerprint density at radius 2 is 1.85 bits per heavy atom. The fraction of sp³-hybridized carbons (Fsp3) is 0.350. The minimum absolute atomic E-state index is 0.199. The summed E-state index contributed by atoms with van der Waals surface area (Å²) in [6.45, 7) is 5.08. The Labute approximate surface area is 169 Å². The van der Waals surface area contributed by atoms with Crippen LogP contribution in [0.3, 0.4) is 0 Å². The van der Waals surface area contributed by atoms with Crippen molar-refractivity contribution in [3.05, 3.63) is 58.1 Å². The van der Waals surface area contributed by atoms with Crippen LogP contribution in [0.2, 0.25) is 10.0 Å². The van der Waals surface area contributed by atoms with Gasteiger partial charge >= 0.3 is 0 Å². The zero-order chi connectivity index (χ0) is 19.2. The Hall–Kier alpha value is -1.95. The highest BCUT2D eigenvalue weighted by Crippen LogP contribution is 2.28. The Morgan fingerprint density at radius 3 is 2.59 bits per heavy atom. The Morgan fingerprint density at radius 1 is 1.11 bits per heavy atom. The highest BCUT2D eigenvalue weighted by atomic mass is 35.5. The van der Waals surface area contributed by atoms with Crippen LogP contribution in [-0.4, -0.2) is 57.2 Å². The summed E-state index contributed by atoms with van der Waals surface area (Å²) in [6.07, 6.45) is 0. The summed E-state index contributed by atoms with van der Waals surface area (Å²) >= 11 is 12.0. The molecule has 1 heterocycles. The number of rotatable bonds is 6. The van der Waals surface area contributed by atoms with E-state index in [2.05, 4.69) is 21.2 Å². The Bertz CT molecular complexity index is 793. The fourth-order valence-electron chi connectivity index (χ4n) is 3.20. The van der Waals surface area contributed by atoms with Gasteiger partial charge in [0.15, 0.2) is 0 Å². The van der Waals surface area contributed by atoms with E-state index in [-0.39, 0.29) is 5.91 Å². The number of carbonyl (C=O) groups excluding carboxylic acids is 1. The van der Waals surface area contributed by atoms with E-state index in [0.717, 1.165) is 44.2 Å². The van der Waals surface area contributed by atoms with Crippen molar-refractivity contribution < 1.29 is 9.53 Å². The molecule has 1 amide bonds. The Kier molecular flexibility index (Phi) is 6.83. The number of hydrogen-bond acceptors (Lipinski definition) is 4. The maximum atomic E-state index is 12.3. The van der Waals surface area contributed by atoms with Gasteiger partial charge in [0, 0.05) is 44.3 Å². The second kappa shape index (κ2) is 9.31. The number of anilines is 1. The molecule has 3 rings (SSSR count). The molecule has 0 aromatic heterocycles. The van der Waals surface area contributed by atoms with Crippen molar-refractivity contribution in [2.45, 2.75) is 0 Å². The molecule has 1 aliphatic heterocycles. The van der Waals surface area contributed by atoms with Crippen LogP contribution in [0.15, 0.2) is 42.5 Å². The summed E-state index contributed by atoms with van der Waals surface area (Å²) in [7, 11) is 1.70. The van der Waals surface area contributed by atoms with E-state index in [0.29, 0.717) is 22.2 Å². The number of benzene rings is 2. The lowest BCUT2D eigenvalue weighted by Gasteiger charge is -2.36. The van der Waals surface area contributed by atoms with Crippen molar-refractivity contribution in [3.63, 3.8) is 0 Å². The number of nitrogens with zero attached hydrogens (tertiary/aromatic N) is 2. The predicted molar refractivity (Wildman–Crippen MR) is 110 cm³/mol. The van der Waals surface area contributed by atoms with Crippen LogP contribution in [0.4, 0.5) is 5.69 Å². The molecule has 0 bridgehead atoms. The quantitative estimate of drug-likeness (QED) is 0.794. The van der Waals surface area contributed by atoms with E-state index in [1.807, 2.05) is 18.2 Å². The monoisotopic (exact) mass is 407 g/mol. The van der Waals surface area contributed by atoms with Crippen molar-refractivity contribution in [1.29, 1.82) is 0 Å². The van der Waals surface area contributed by atoms with Crippen LogP contribution in [0, 0.1) is 0 Å². The van der Waals surface area contributed by atoms with E-state index in [9.17, 15) is 4.79 Å². The van der Waals surface area contributed by atoms with E-state index < -0.39 is 0 Å². The van der Waals surface area contributed by atoms with Crippen LogP contribution in [0.1, 0.15) is 10.4 Å². The predicted octanol–water partition coefficient (Wildman–Crippen LogP) is 3.55. The summed E-state index contributed by atoms with van der Waals surface area (Å²) in [5.41, 5.74) is 1.54. The number of nitrogens with one attached hydrogen (secondary N) is 1. The zero-order valence-electron chi connectivity index (χ0n) is 15.3. The number of hydrogen-bond donors (Lipinski definition) is 1. The van der Waals surface area contributed by atoms with Gasteiger partial charge in [0.1, 0.15) is 5.75 Å². The number of halogens is 2. The first-order chi connectivity index (χ1) is 13.1. The molecule has 2 aromatic rings. The van der Waals surface area contributed by atoms with Crippen LogP contribution >= 0.6 is 23.2 Å². The third-order valence-corrected chi connectivity index (χ3v) is 5.25. The molecule has 1 N–H and O–H groups in total. The highest BCUT2D eigenvalue weighted by molar-refractivity contribution is 6.35. The van der Waals surface area contributed by atoms with E-state index in [1.54, 1.807) is 25.3 Å². The summed E-state index contributed by atoms with van der Waals surface area (Å²) in [4.78, 5) is 16.9. The third kappa shape index (κ3) is 5.06. The van der Waals surface area contributed by atoms with E-state index >= 15 is 0 Å². The van der Waals surface area contributed by atoms with Gasteiger partial charge in [-0.05, 0) is 30.3 Å². The van der Waals surface area contributed by atoms with E-state index in [1.165, 1.54) is 0 Å². The van der Waals surface area contributed by atoms with Gasteiger partial charge in [0.2, 0.25) is 0 Å². The summed E-state index contributed by atoms with van der Waals surface area (Å²) in [6, 6.07) is 13.0. The van der Waals surface area contributed by atoms with Gasteiger partial charge in [-0.1, -0.05) is 35.3 Å². The number of ether oxygens (including phenoxy) is 1. The molecule has 0 saturated carbocycles. The molecule has 27 heavy (non-hydrogen) atoms. The van der Waals surface area contributed by atoms with Crippen molar-refractivity contribution >= 4 is 34.8 Å². The number of piperazine rings is 1. The molecule has 144 valence electrons. The minimum atomic E-state index is -0.199. The standard InChI is InChI=1S/C20H23Cl2N3O2/c1-27-19-5-3-2-4-18(19)25-12-10-24(11-13-25)9-8-23-20(26)16-14-15(21)6-7-17(16)22/h2-7,14H,8-13H2,1H3,(H,23,26). The van der Waals surface area contributed by atoms with Gasteiger partial charge in [-0.15, -0.1) is 0 Å². The molecule has 5 nitrogen and oxygen atoms in total. The molecule has 0 atom stereocenters. The number of carbonyl (C=O) groups is 1. The van der Waals surface area contributed by atoms with Gasteiger partial charge in [0.25, 0.3) is 5.91 Å². The van der Waals surface area contributed by atoms with Crippen LogP contribution in [-0.2, 0) is 0 Å². The SMILES string of the molecule is COc1ccccc1N1CCN(CCNC(=O)c2cc(Cl)ccc2Cl)CC1. The fourth-order valence-corrected chi connectivity index (χ4v) is 3.57. The molecular weight excluding hydrogens is 385 g/mol. The first-order valence-electron chi connectivity index (χ1n) is 8.92. The maximum absolute atomic E-state index is 12.3. The summed E-state index contributed by atoms with van der Waals surface area (Å²) < 4.78 is 5.45. The molecule has 2 aromatic carbocycles. The maximum Gasteiger partial charge on any atom is 0.252 e. The molecule has 1 saturated heterocycles. The lowest BCUT2D eigenvalue weighted by atomic mass is 10.2. The minimum Gasteiger partial charge on any atom is -0.495 e. The van der Waals surface area contributed by atoms with Gasteiger partial charge in [0.05, 0.1) is 23.4 Å². The van der Waals surface area contributed by atoms with Gasteiger partial charge in [-0.3, -0.25) is 9.69 Å². The zero-order valence-corrected chi connectivity index (χ0v) is 16.8. The molecule has 7 heteroatoms. The summed E-state index contributed by atoms with van der Waals surface area (Å²) in [5.74, 6) is 0.701. The first-order valence-corrected chi connectivity index (χ1v) is 9.67. The number of amides is 1. The lowest BCUT2D eigenvalue weighted by molar-refractivity contribution is 0.0948. The third-order valence-electron chi connectivity index (χ3n) is 4.68. The molecule has 0 spiro atoms. The smallest absolute Gasteiger partial charge is 0.252 e. The number of methoxy groups -OCH3 is 1. The van der Waals surface area contributed by atoms with Gasteiger partial charge in [-0.2, -0.15) is 0 Å². The average molecular weight is 408 g/mol. The Balaban J connectivity index is 1.46. The van der Waals surface area contributed by atoms with Gasteiger partial charge < -0.3 is 15.0 Å². The lowest BCUT2D eigenvalue weighted by Crippen LogP contribution is -2.48. The molecule has 1 aliphatic rings. The van der Waals surface area contributed by atoms with Crippen molar-refractivity contribution in [2.75, 3.05) is 51.3 Å². The van der Waals surface area contributed by atoms with E-state index in [4.69, 9.17) is 27.9 Å². The van der Waals surface area contributed by atoms with Crippen LogP contribution < -0.4 is 15.0 Å². The normalized spacial score (nSPS) is 14.9. The number of para-hydroxylation sites is 2. The summed E-state index contributed by atoms with van der Waals surface area (Å²) in [5, 5.41) is 3.82. The molecule has 0 unspecified atom stereocenters. The molecule has 0 radical (unpaired) electrons. The highest BCUT2D eigenvalue weighted by Gasteiger charge is 2.19. The topological polar surface area (TPSA) is 44.8 Å². The molecule has 1 fully saturated rings. The van der Waals surface area contributed by atoms with Crippen LogP contribution in [0.25, 0.3) is 0 Å². The van der Waals surface area contributed by atoms with Gasteiger partial charge in [-0.25, -0.2) is 0 Å². The largest absolute Gasteiger partial charge is 0.495 e. The molecule has 0 aliphatic carbocycles.